The Hall–Kier alpha value is -3.35. The fourth-order valence-electron chi connectivity index (χ4n) is 4.65. The molecule has 0 aromatic heterocycles. The molecular weight excluding hydrogens is 378 g/mol. The summed E-state index contributed by atoms with van der Waals surface area (Å²) < 4.78 is 0. The fourth-order valence-corrected chi connectivity index (χ4v) is 4.65. The maximum absolute atomic E-state index is 13.5. The van der Waals surface area contributed by atoms with Gasteiger partial charge in [-0.3, -0.25) is 9.69 Å². The van der Waals surface area contributed by atoms with E-state index in [1.807, 2.05) is 60.5 Å². The SMILES string of the molecule is CCCN1C(C)=CN2C1=NC1C2C(=O)N(Cc2cccc3ccccc23)C(=O)N1C. The molecule has 3 amide bonds. The molecule has 3 heterocycles. The summed E-state index contributed by atoms with van der Waals surface area (Å²) in [7, 11) is 1.73. The van der Waals surface area contributed by atoms with Crippen molar-refractivity contribution < 1.29 is 9.59 Å². The Labute approximate surface area is 175 Å². The summed E-state index contributed by atoms with van der Waals surface area (Å²) in [5, 5.41) is 2.15. The molecule has 2 aromatic carbocycles. The van der Waals surface area contributed by atoms with Crippen molar-refractivity contribution in [1.82, 2.24) is 19.6 Å². The van der Waals surface area contributed by atoms with Gasteiger partial charge in [0.05, 0.1) is 6.54 Å². The van der Waals surface area contributed by atoms with Crippen molar-refractivity contribution >= 4 is 28.7 Å². The molecule has 7 heteroatoms. The number of guanidine groups is 1. The maximum atomic E-state index is 13.5. The van der Waals surface area contributed by atoms with Gasteiger partial charge in [0.15, 0.2) is 12.2 Å². The van der Waals surface area contributed by atoms with Crippen molar-refractivity contribution in [3.63, 3.8) is 0 Å². The van der Waals surface area contributed by atoms with E-state index in [2.05, 4.69) is 11.8 Å². The van der Waals surface area contributed by atoms with Gasteiger partial charge >= 0.3 is 6.03 Å². The second kappa shape index (κ2) is 6.86. The summed E-state index contributed by atoms with van der Waals surface area (Å²) in [6.45, 7) is 5.23. The van der Waals surface area contributed by atoms with Crippen LogP contribution in [-0.2, 0) is 11.3 Å². The minimum absolute atomic E-state index is 0.197. The van der Waals surface area contributed by atoms with E-state index in [-0.39, 0.29) is 18.5 Å². The molecule has 0 bridgehead atoms. The molecule has 0 aliphatic carbocycles. The molecule has 0 radical (unpaired) electrons. The van der Waals surface area contributed by atoms with Gasteiger partial charge in [-0.1, -0.05) is 49.4 Å². The third kappa shape index (κ3) is 2.61. The molecule has 2 unspecified atom stereocenters. The second-order valence-electron chi connectivity index (χ2n) is 8.07. The first kappa shape index (κ1) is 18.7. The van der Waals surface area contributed by atoms with Gasteiger partial charge in [0.2, 0.25) is 5.96 Å². The summed E-state index contributed by atoms with van der Waals surface area (Å²) in [5.74, 6) is 0.571. The van der Waals surface area contributed by atoms with Crippen LogP contribution in [0.25, 0.3) is 10.8 Å². The number of carbonyl (C=O) groups is 2. The van der Waals surface area contributed by atoms with Gasteiger partial charge in [-0.2, -0.15) is 0 Å². The first-order chi connectivity index (χ1) is 14.5. The Kier molecular flexibility index (Phi) is 4.27. The highest BCUT2D eigenvalue weighted by Crippen LogP contribution is 2.34. The predicted molar refractivity (Wildman–Crippen MR) is 115 cm³/mol. The second-order valence-corrected chi connectivity index (χ2v) is 8.07. The number of rotatable bonds is 4. The minimum atomic E-state index is -0.519. The molecule has 2 atom stereocenters. The number of nitrogens with zero attached hydrogens (tertiary/aromatic N) is 5. The topological polar surface area (TPSA) is 59.5 Å². The molecular formula is C23H25N5O2. The number of urea groups is 1. The minimum Gasteiger partial charge on any atom is -0.315 e. The molecule has 1 saturated heterocycles. The van der Waals surface area contributed by atoms with Gasteiger partial charge in [0.25, 0.3) is 5.91 Å². The van der Waals surface area contributed by atoms with Crippen molar-refractivity contribution in [2.45, 2.75) is 39.0 Å². The van der Waals surface area contributed by atoms with Crippen LogP contribution < -0.4 is 0 Å². The highest BCUT2D eigenvalue weighted by atomic mass is 16.2. The van der Waals surface area contributed by atoms with E-state index < -0.39 is 12.2 Å². The van der Waals surface area contributed by atoms with Gasteiger partial charge in [-0.05, 0) is 29.7 Å². The van der Waals surface area contributed by atoms with E-state index in [0.29, 0.717) is 0 Å². The Bertz CT molecular complexity index is 1100. The Balaban J connectivity index is 1.49. The normalized spacial score (nSPS) is 23.2. The van der Waals surface area contributed by atoms with E-state index in [9.17, 15) is 9.59 Å². The Morgan fingerprint density at radius 2 is 1.80 bits per heavy atom. The van der Waals surface area contributed by atoms with Crippen molar-refractivity contribution in [3.8, 4) is 0 Å². The van der Waals surface area contributed by atoms with Gasteiger partial charge < -0.3 is 14.7 Å². The van der Waals surface area contributed by atoms with Crippen LogP contribution in [0.2, 0.25) is 0 Å². The predicted octanol–water partition coefficient (Wildman–Crippen LogP) is 3.19. The molecule has 2 aromatic rings. The third-order valence-corrected chi connectivity index (χ3v) is 6.16. The number of benzene rings is 2. The average Bonchev–Trinajstić information content (AvgIpc) is 3.26. The molecule has 154 valence electrons. The zero-order valence-electron chi connectivity index (χ0n) is 17.4. The van der Waals surface area contributed by atoms with Crippen molar-refractivity contribution in [2.75, 3.05) is 13.6 Å². The fraction of sp³-hybridized carbons (Fsp3) is 0.348. The zero-order chi connectivity index (χ0) is 21.0. The number of hydrogen-bond acceptors (Lipinski definition) is 5. The van der Waals surface area contributed by atoms with Crippen molar-refractivity contribution in [2.24, 2.45) is 4.99 Å². The number of aliphatic imine (C=N–C) groups is 1. The molecule has 7 nitrogen and oxygen atoms in total. The number of allylic oxidation sites excluding steroid dienone is 1. The quantitative estimate of drug-likeness (QED) is 0.787. The summed E-state index contributed by atoms with van der Waals surface area (Å²) in [6, 6.07) is 13.2. The molecule has 3 aliphatic heterocycles. The van der Waals surface area contributed by atoms with E-state index in [0.717, 1.165) is 41.0 Å². The zero-order valence-corrected chi connectivity index (χ0v) is 17.4. The first-order valence-electron chi connectivity index (χ1n) is 10.4. The van der Waals surface area contributed by atoms with Gasteiger partial charge in [-0.15, -0.1) is 0 Å². The number of amides is 3. The van der Waals surface area contributed by atoms with Crippen LogP contribution in [0.3, 0.4) is 0 Å². The van der Waals surface area contributed by atoms with Crippen LogP contribution in [0.5, 0.6) is 0 Å². The lowest BCUT2D eigenvalue weighted by atomic mass is 10.0. The lowest BCUT2D eigenvalue weighted by Gasteiger charge is -2.40. The highest BCUT2D eigenvalue weighted by molar-refractivity contribution is 6.05. The molecule has 1 fully saturated rings. The average molecular weight is 403 g/mol. The smallest absolute Gasteiger partial charge is 0.315 e. The van der Waals surface area contributed by atoms with E-state index in [1.165, 1.54) is 4.90 Å². The molecule has 30 heavy (non-hydrogen) atoms. The lowest BCUT2D eigenvalue weighted by Crippen LogP contribution is -2.63. The van der Waals surface area contributed by atoms with Crippen LogP contribution in [0, 0.1) is 0 Å². The number of hydrogen-bond donors (Lipinski definition) is 0. The summed E-state index contributed by atoms with van der Waals surface area (Å²) >= 11 is 0. The van der Waals surface area contributed by atoms with Crippen LogP contribution in [0.15, 0.2) is 59.4 Å². The third-order valence-electron chi connectivity index (χ3n) is 6.16. The van der Waals surface area contributed by atoms with E-state index in [4.69, 9.17) is 4.99 Å². The van der Waals surface area contributed by atoms with Crippen molar-refractivity contribution in [3.05, 3.63) is 59.9 Å². The molecule has 3 aliphatic rings. The maximum Gasteiger partial charge on any atom is 0.328 e. The molecule has 0 saturated carbocycles. The Morgan fingerprint density at radius 3 is 2.60 bits per heavy atom. The van der Waals surface area contributed by atoms with Crippen LogP contribution in [-0.4, -0.2) is 63.3 Å². The standard InChI is InChI=1S/C23H25N5O2/c1-4-12-26-15(2)13-27-19-20(24-22(26)27)25(3)23(30)28(21(19)29)14-17-10-7-9-16-8-5-6-11-18(16)17/h5-11,13,19-20H,4,12,14H2,1-3H3. The number of fused-ring (bicyclic) bond motifs is 4. The number of imide groups is 1. The van der Waals surface area contributed by atoms with Crippen LogP contribution >= 0.6 is 0 Å². The summed E-state index contributed by atoms with van der Waals surface area (Å²) in [4.78, 5) is 38.5. The molecule has 5 rings (SSSR count). The van der Waals surface area contributed by atoms with E-state index >= 15 is 0 Å². The van der Waals surface area contributed by atoms with Crippen LogP contribution in [0.4, 0.5) is 4.79 Å². The monoisotopic (exact) mass is 403 g/mol. The number of likely N-dealkylation sites (N-methyl/N-ethyl adjacent to an activating group) is 1. The number of carbonyl (C=O) groups excluding carboxylic acids is 2. The van der Waals surface area contributed by atoms with E-state index in [1.54, 1.807) is 11.9 Å². The molecule has 0 N–H and O–H groups in total. The van der Waals surface area contributed by atoms with Crippen molar-refractivity contribution in [1.29, 1.82) is 0 Å². The Morgan fingerprint density at radius 1 is 1.03 bits per heavy atom. The van der Waals surface area contributed by atoms with Gasteiger partial charge in [-0.25, -0.2) is 9.79 Å². The summed E-state index contributed by atoms with van der Waals surface area (Å²) in [6.07, 6.45) is 2.47. The van der Waals surface area contributed by atoms with Gasteiger partial charge in [0.1, 0.15) is 0 Å². The highest BCUT2D eigenvalue weighted by Gasteiger charge is 2.54. The molecule has 0 spiro atoms. The first-order valence-corrected chi connectivity index (χ1v) is 10.4. The van der Waals surface area contributed by atoms with Crippen LogP contribution in [0.1, 0.15) is 25.8 Å². The largest absolute Gasteiger partial charge is 0.328 e. The summed E-state index contributed by atoms with van der Waals surface area (Å²) in [5.41, 5.74) is 2.03. The van der Waals surface area contributed by atoms with Gasteiger partial charge in [0, 0.05) is 25.5 Å². The lowest BCUT2D eigenvalue weighted by molar-refractivity contribution is -0.137.